The maximum Gasteiger partial charge on any atom is 0.259 e. The molecule has 0 unspecified atom stereocenters. The summed E-state index contributed by atoms with van der Waals surface area (Å²) in [5.41, 5.74) is 1.09. The molecule has 2 aromatic rings. The second kappa shape index (κ2) is 4.98. The predicted molar refractivity (Wildman–Crippen MR) is 68.1 cm³/mol. The normalized spacial score (nSPS) is 9.83. The Labute approximate surface area is 107 Å². The number of carbonyl (C=O) groups excluding carboxylic acids is 1. The van der Waals surface area contributed by atoms with Gasteiger partial charge in [-0.3, -0.25) is 4.79 Å². The van der Waals surface area contributed by atoms with Crippen LogP contribution in [0.2, 0.25) is 0 Å². The van der Waals surface area contributed by atoms with Crippen LogP contribution in [0.15, 0.2) is 29.6 Å². The Balaban J connectivity index is 2.25. The van der Waals surface area contributed by atoms with E-state index in [0.29, 0.717) is 10.6 Å². The highest BCUT2D eigenvalue weighted by molar-refractivity contribution is 7.14. The van der Waals surface area contributed by atoms with Gasteiger partial charge in [0.15, 0.2) is 0 Å². The van der Waals surface area contributed by atoms with Crippen molar-refractivity contribution in [1.29, 1.82) is 5.26 Å². The Morgan fingerprint density at radius 1 is 1.44 bits per heavy atom. The molecule has 90 valence electrons. The maximum atomic E-state index is 13.6. The van der Waals surface area contributed by atoms with E-state index in [1.807, 2.05) is 6.07 Å². The van der Waals surface area contributed by atoms with Gasteiger partial charge in [0.25, 0.3) is 5.91 Å². The minimum atomic E-state index is -0.567. The largest absolute Gasteiger partial charge is 0.312 e. The molecule has 1 amide bonds. The summed E-state index contributed by atoms with van der Waals surface area (Å²) in [7, 11) is 0. The number of anilines is 1. The molecule has 0 bridgehead atoms. The number of rotatable bonds is 2. The summed E-state index contributed by atoms with van der Waals surface area (Å²) in [4.78, 5) is 11.9. The van der Waals surface area contributed by atoms with Crippen molar-refractivity contribution in [2.45, 2.75) is 6.92 Å². The first-order valence-electron chi connectivity index (χ1n) is 5.17. The van der Waals surface area contributed by atoms with E-state index in [9.17, 15) is 9.18 Å². The predicted octanol–water partition coefficient (Wildman–Crippen LogP) is 3.32. The number of nitrogens with one attached hydrogen (secondary N) is 1. The Bertz CT molecular complexity index is 643. The summed E-state index contributed by atoms with van der Waals surface area (Å²) >= 11 is 1.23. The van der Waals surface area contributed by atoms with Crippen LogP contribution in [0.1, 0.15) is 21.5 Å². The lowest BCUT2D eigenvalue weighted by Gasteiger charge is -2.05. The number of thiophene rings is 1. The molecule has 0 aliphatic carbocycles. The summed E-state index contributed by atoms with van der Waals surface area (Å²) in [5.74, 6) is -1.12. The number of nitriles is 1. The first-order valence-corrected chi connectivity index (χ1v) is 6.05. The van der Waals surface area contributed by atoms with E-state index < -0.39 is 11.7 Å². The van der Waals surface area contributed by atoms with Gasteiger partial charge in [0.2, 0.25) is 0 Å². The number of nitrogens with zero attached hydrogens (tertiary/aromatic N) is 1. The molecule has 3 nitrogen and oxygen atoms in total. The molecule has 5 heteroatoms. The Morgan fingerprint density at radius 2 is 2.22 bits per heavy atom. The van der Waals surface area contributed by atoms with Crippen molar-refractivity contribution in [2.24, 2.45) is 0 Å². The number of benzene rings is 1. The van der Waals surface area contributed by atoms with Crippen LogP contribution in [0.25, 0.3) is 0 Å². The van der Waals surface area contributed by atoms with E-state index in [2.05, 4.69) is 5.32 Å². The van der Waals surface area contributed by atoms with Crippen molar-refractivity contribution in [1.82, 2.24) is 0 Å². The lowest BCUT2D eigenvalue weighted by atomic mass is 10.1. The first-order chi connectivity index (χ1) is 8.61. The van der Waals surface area contributed by atoms with Crippen molar-refractivity contribution in [2.75, 3.05) is 5.32 Å². The van der Waals surface area contributed by atoms with Crippen molar-refractivity contribution in [3.8, 4) is 6.07 Å². The highest BCUT2D eigenvalue weighted by atomic mass is 32.1. The van der Waals surface area contributed by atoms with E-state index >= 15 is 0 Å². The zero-order valence-electron chi connectivity index (χ0n) is 9.53. The van der Waals surface area contributed by atoms with Gasteiger partial charge in [0.05, 0.1) is 11.1 Å². The van der Waals surface area contributed by atoms with E-state index in [4.69, 9.17) is 5.26 Å². The SMILES string of the molecule is Cc1ccc(C(=O)Nc2sccc2C#N)c(F)c1. The summed E-state index contributed by atoms with van der Waals surface area (Å²) in [5, 5.41) is 13.5. The third kappa shape index (κ3) is 2.39. The Morgan fingerprint density at radius 3 is 2.89 bits per heavy atom. The lowest BCUT2D eigenvalue weighted by molar-refractivity contribution is 0.102. The van der Waals surface area contributed by atoms with Gasteiger partial charge in [-0.2, -0.15) is 5.26 Å². The minimum absolute atomic E-state index is 0.0297. The molecule has 1 N–H and O–H groups in total. The molecule has 2 rings (SSSR count). The van der Waals surface area contributed by atoms with Gasteiger partial charge in [-0.25, -0.2) is 4.39 Å². The van der Waals surface area contributed by atoms with Gasteiger partial charge in [-0.05, 0) is 36.1 Å². The molecule has 1 aromatic heterocycles. The number of amides is 1. The number of halogens is 1. The fourth-order valence-corrected chi connectivity index (χ4v) is 2.20. The van der Waals surface area contributed by atoms with E-state index in [0.717, 1.165) is 5.56 Å². The smallest absolute Gasteiger partial charge is 0.259 e. The van der Waals surface area contributed by atoms with Crippen molar-refractivity contribution < 1.29 is 9.18 Å². The second-order valence-corrected chi connectivity index (χ2v) is 4.63. The molecule has 0 aliphatic heterocycles. The van der Waals surface area contributed by atoms with Crippen molar-refractivity contribution >= 4 is 22.2 Å². The lowest BCUT2D eigenvalue weighted by Crippen LogP contribution is -2.13. The molecule has 0 aliphatic rings. The van der Waals surface area contributed by atoms with Crippen LogP contribution < -0.4 is 5.32 Å². The van der Waals surface area contributed by atoms with Gasteiger partial charge in [0, 0.05) is 0 Å². The molecule has 0 saturated heterocycles. The quantitative estimate of drug-likeness (QED) is 0.900. The van der Waals surface area contributed by atoms with Gasteiger partial charge < -0.3 is 5.32 Å². The number of aryl methyl sites for hydroxylation is 1. The van der Waals surface area contributed by atoms with Gasteiger partial charge in [0.1, 0.15) is 16.9 Å². The van der Waals surface area contributed by atoms with Gasteiger partial charge in [-0.15, -0.1) is 11.3 Å². The molecule has 0 saturated carbocycles. The van der Waals surface area contributed by atoms with E-state index in [-0.39, 0.29) is 5.56 Å². The van der Waals surface area contributed by atoms with Gasteiger partial charge >= 0.3 is 0 Å². The maximum absolute atomic E-state index is 13.6. The molecule has 0 radical (unpaired) electrons. The van der Waals surface area contributed by atoms with Crippen LogP contribution in [0, 0.1) is 24.1 Å². The summed E-state index contributed by atoms with van der Waals surface area (Å²) in [6.07, 6.45) is 0. The average Bonchev–Trinajstić information content (AvgIpc) is 2.76. The summed E-state index contributed by atoms with van der Waals surface area (Å²) in [6.45, 7) is 1.75. The first kappa shape index (κ1) is 12.3. The van der Waals surface area contributed by atoms with Crippen LogP contribution in [0.4, 0.5) is 9.39 Å². The van der Waals surface area contributed by atoms with Crippen LogP contribution in [-0.4, -0.2) is 5.91 Å². The van der Waals surface area contributed by atoms with Crippen LogP contribution in [0.5, 0.6) is 0 Å². The third-order valence-electron chi connectivity index (χ3n) is 2.38. The highest BCUT2D eigenvalue weighted by Crippen LogP contribution is 2.23. The molecule has 0 spiro atoms. The Hall–Kier alpha value is -2.19. The number of carbonyl (C=O) groups is 1. The van der Waals surface area contributed by atoms with E-state index in [1.54, 1.807) is 24.4 Å². The van der Waals surface area contributed by atoms with E-state index in [1.165, 1.54) is 23.5 Å². The fourth-order valence-electron chi connectivity index (χ4n) is 1.47. The standard InChI is InChI=1S/C13H9FN2OS/c1-8-2-3-10(11(14)6-8)12(17)16-13-9(7-15)4-5-18-13/h2-6H,1H3,(H,16,17). The Kier molecular flexibility index (Phi) is 3.40. The molecular formula is C13H9FN2OS. The zero-order valence-corrected chi connectivity index (χ0v) is 10.3. The zero-order chi connectivity index (χ0) is 13.1. The number of hydrogen-bond donors (Lipinski definition) is 1. The third-order valence-corrected chi connectivity index (χ3v) is 3.21. The van der Waals surface area contributed by atoms with Crippen LogP contribution >= 0.6 is 11.3 Å². The van der Waals surface area contributed by atoms with Crippen LogP contribution in [-0.2, 0) is 0 Å². The monoisotopic (exact) mass is 260 g/mol. The molecular weight excluding hydrogens is 251 g/mol. The fraction of sp³-hybridized carbons (Fsp3) is 0.0769. The molecule has 0 fully saturated rings. The topological polar surface area (TPSA) is 52.9 Å². The molecule has 0 atom stereocenters. The van der Waals surface area contributed by atoms with Crippen molar-refractivity contribution in [3.63, 3.8) is 0 Å². The van der Waals surface area contributed by atoms with Crippen LogP contribution in [0.3, 0.4) is 0 Å². The number of hydrogen-bond acceptors (Lipinski definition) is 3. The molecule has 1 heterocycles. The highest BCUT2D eigenvalue weighted by Gasteiger charge is 2.14. The minimum Gasteiger partial charge on any atom is -0.312 e. The van der Waals surface area contributed by atoms with Gasteiger partial charge in [-0.1, -0.05) is 6.07 Å². The average molecular weight is 260 g/mol. The molecule has 18 heavy (non-hydrogen) atoms. The molecule has 1 aromatic carbocycles. The second-order valence-electron chi connectivity index (χ2n) is 3.71. The summed E-state index contributed by atoms with van der Waals surface area (Å²) in [6, 6.07) is 7.96. The summed E-state index contributed by atoms with van der Waals surface area (Å²) < 4.78 is 13.6. The van der Waals surface area contributed by atoms with Crippen molar-refractivity contribution in [3.05, 3.63) is 52.2 Å².